The van der Waals surface area contributed by atoms with Crippen molar-refractivity contribution in [1.82, 2.24) is 15.0 Å². The fraction of sp³-hybridized carbons (Fsp3) is 0.308. The fourth-order valence-electron chi connectivity index (χ4n) is 1.49. The third-order valence-corrected chi connectivity index (χ3v) is 3.66. The molecule has 0 aliphatic carbocycles. The van der Waals surface area contributed by atoms with Crippen LogP contribution >= 0.6 is 27.5 Å². The smallest absolute Gasteiger partial charge is 0.323 e. The zero-order chi connectivity index (χ0) is 15.2. The molecule has 0 aliphatic heterocycles. The van der Waals surface area contributed by atoms with Crippen LogP contribution in [0.5, 0.6) is 6.01 Å². The zero-order valence-corrected chi connectivity index (χ0v) is 14.0. The number of nitrogens with one attached hydrogen (secondary N) is 2. The van der Waals surface area contributed by atoms with E-state index >= 15 is 0 Å². The van der Waals surface area contributed by atoms with E-state index in [1.165, 1.54) is 0 Å². The number of aromatic nitrogens is 3. The van der Waals surface area contributed by atoms with Crippen LogP contribution in [0.25, 0.3) is 0 Å². The Morgan fingerprint density at radius 3 is 2.67 bits per heavy atom. The predicted octanol–water partition coefficient (Wildman–Crippen LogP) is 3.86. The van der Waals surface area contributed by atoms with Gasteiger partial charge in [-0.1, -0.05) is 18.5 Å². The van der Waals surface area contributed by atoms with Gasteiger partial charge >= 0.3 is 6.01 Å². The van der Waals surface area contributed by atoms with Gasteiger partial charge in [0.25, 0.3) is 0 Å². The van der Waals surface area contributed by atoms with E-state index in [9.17, 15) is 0 Å². The van der Waals surface area contributed by atoms with Crippen molar-refractivity contribution in [3.05, 3.63) is 27.7 Å². The largest absolute Gasteiger partial charge is 0.463 e. The van der Waals surface area contributed by atoms with E-state index < -0.39 is 0 Å². The second-order valence-corrected chi connectivity index (χ2v) is 5.38. The van der Waals surface area contributed by atoms with Gasteiger partial charge in [0.2, 0.25) is 11.9 Å². The first-order valence-corrected chi connectivity index (χ1v) is 7.58. The molecule has 0 amide bonds. The molecule has 0 radical (unpaired) electrons. The SMILES string of the molecule is CCCOc1nc(NC)nc(Nc2ccc(Cl)c(Br)c2)n1. The number of halogens is 2. The number of hydrogen-bond acceptors (Lipinski definition) is 6. The summed E-state index contributed by atoms with van der Waals surface area (Å²) >= 11 is 9.34. The number of nitrogens with zero attached hydrogens (tertiary/aromatic N) is 3. The van der Waals surface area contributed by atoms with Crippen LogP contribution in [-0.2, 0) is 0 Å². The van der Waals surface area contributed by atoms with Gasteiger partial charge in [-0.2, -0.15) is 15.0 Å². The Hall–Kier alpha value is -1.60. The first-order valence-electron chi connectivity index (χ1n) is 6.41. The molecule has 0 aliphatic rings. The van der Waals surface area contributed by atoms with Crippen LogP contribution in [0.1, 0.15) is 13.3 Å². The van der Waals surface area contributed by atoms with Crippen molar-refractivity contribution in [1.29, 1.82) is 0 Å². The molecule has 1 heterocycles. The number of benzene rings is 1. The van der Waals surface area contributed by atoms with Crippen molar-refractivity contribution >= 4 is 45.1 Å². The van der Waals surface area contributed by atoms with E-state index in [0.29, 0.717) is 23.5 Å². The summed E-state index contributed by atoms with van der Waals surface area (Å²) in [6.07, 6.45) is 0.882. The molecule has 0 saturated carbocycles. The molecule has 2 N–H and O–H groups in total. The monoisotopic (exact) mass is 371 g/mol. The summed E-state index contributed by atoms with van der Waals surface area (Å²) in [5.41, 5.74) is 0.806. The topological polar surface area (TPSA) is 72.0 Å². The second kappa shape index (κ2) is 7.42. The molecule has 1 aromatic carbocycles. The molecule has 0 fully saturated rings. The summed E-state index contributed by atoms with van der Waals surface area (Å²) in [5.74, 6) is 0.835. The second-order valence-electron chi connectivity index (χ2n) is 4.12. The van der Waals surface area contributed by atoms with E-state index in [1.54, 1.807) is 13.1 Å². The first kappa shape index (κ1) is 15.8. The van der Waals surface area contributed by atoms with Crippen LogP contribution in [0.15, 0.2) is 22.7 Å². The predicted molar refractivity (Wildman–Crippen MR) is 87.6 cm³/mol. The highest BCUT2D eigenvalue weighted by Crippen LogP contribution is 2.27. The van der Waals surface area contributed by atoms with Crippen LogP contribution in [0, 0.1) is 0 Å². The molecule has 0 atom stereocenters. The van der Waals surface area contributed by atoms with E-state index in [2.05, 4.69) is 41.5 Å². The molecule has 1 aromatic heterocycles. The van der Waals surface area contributed by atoms with E-state index in [4.69, 9.17) is 16.3 Å². The van der Waals surface area contributed by atoms with Gasteiger partial charge in [0.15, 0.2) is 0 Å². The Labute approximate surface area is 136 Å². The summed E-state index contributed by atoms with van der Waals surface area (Å²) in [7, 11) is 1.74. The summed E-state index contributed by atoms with van der Waals surface area (Å²) < 4.78 is 6.24. The number of anilines is 3. The molecule has 21 heavy (non-hydrogen) atoms. The fourth-order valence-corrected chi connectivity index (χ4v) is 1.98. The highest BCUT2D eigenvalue weighted by molar-refractivity contribution is 9.10. The lowest BCUT2D eigenvalue weighted by Crippen LogP contribution is -2.07. The third-order valence-electron chi connectivity index (χ3n) is 2.45. The molecule has 2 aromatic rings. The van der Waals surface area contributed by atoms with Gasteiger partial charge in [0.05, 0.1) is 11.6 Å². The molecule has 0 bridgehead atoms. The Morgan fingerprint density at radius 1 is 1.24 bits per heavy atom. The van der Waals surface area contributed by atoms with Gasteiger partial charge in [-0.3, -0.25) is 0 Å². The van der Waals surface area contributed by atoms with Crippen LogP contribution in [-0.4, -0.2) is 28.6 Å². The molecule has 0 saturated heterocycles. The van der Waals surface area contributed by atoms with Crippen LogP contribution in [0.3, 0.4) is 0 Å². The van der Waals surface area contributed by atoms with Crippen molar-refractivity contribution in [3.63, 3.8) is 0 Å². The Balaban J connectivity index is 2.23. The molecule has 112 valence electrons. The Morgan fingerprint density at radius 2 is 2.00 bits per heavy atom. The van der Waals surface area contributed by atoms with Crippen molar-refractivity contribution in [2.75, 3.05) is 24.3 Å². The van der Waals surface area contributed by atoms with Gasteiger partial charge in [-0.15, -0.1) is 0 Å². The number of hydrogen-bond donors (Lipinski definition) is 2. The van der Waals surface area contributed by atoms with Gasteiger partial charge in [-0.25, -0.2) is 0 Å². The molecule has 0 unspecified atom stereocenters. The molecular weight excluding hydrogens is 358 g/mol. The molecule has 6 nitrogen and oxygen atoms in total. The molecule has 8 heteroatoms. The van der Waals surface area contributed by atoms with Crippen molar-refractivity contribution in [2.24, 2.45) is 0 Å². The van der Waals surface area contributed by atoms with Gasteiger partial charge in [0.1, 0.15) is 0 Å². The summed E-state index contributed by atoms with van der Waals surface area (Å²) in [4.78, 5) is 12.6. The van der Waals surface area contributed by atoms with E-state index in [0.717, 1.165) is 16.6 Å². The van der Waals surface area contributed by atoms with E-state index in [-0.39, 0.29) is 6.01 Å². The highest BCUT2D eigenvalue weighted by atomic mass is 79.9. The maximum absolute atomic E-state index is 5.97. The van der Waals surface area contributed by atoms with Crippen molar-refractivity contribution in [3.8, 4) is 6.01 Å². The minimum atomic E-state index is 0.284. The average molecular weight is 373 g/mol. The van der Waals surface area contributed by atoms with Crippen LogP contribution < -0.4 is 15.4 Å². The standard InChI is InChI=1S/C13H15BrClN5O/c1-3-6-21-13-19-11(16-2)18-12(20-13)17-8-4-5-10(15)9(14)7-8/h4-5,7H,3,6H2,1-2H3,(H2,16,17,18,19,20). The maximum Gasteiger partial charge on any atom is 0.323 e. The van der Waals surface area contributed by atoms with Gasteiger partial charge in [-0.05, 0) is 40.5 Å². The van der Waals surface area contributed by atoms with Gasteiger partial charge < -0.3 is 15.4 Å². The number of rotatable bonds is 6. The lowest BCUT2D eigenvalue weighted by atomic mass is 10.3. The van der Waals surface area contributed by atoms with Gasteiger partial charge in [0, 0.05) is 17.2 Å². The summed E-state index contributed by atoms with van der Waals surface area (Å²) in [5, 5.41) is 6.61. The molecular formula is C13H15BrClN5O. The average Bonchev–Trinajstić information content (AvgIpc) is 2.48. The molecule has 2 rings (SSSR count). The minimum Gasteiger partial charge on any atom is -0.463 e. The Kier molecular flexibility index (Phi) is 5.58. The first-order chi connectivity index (χ1) is 10.1. The van der Waals surface area contributed by atoms with Crippen molar-refractivity contribution < 1.29 is 4.74 Å². The highest BCUT2D eigenvalue weighted by Gasteiger charge is 2.08. The zero-order valence-electron chi connectivity index (χ0n) is 11.7. The van der Waals surface area contributed by atoms with Crippen molar-refractivity contribution in [2.45, 2.75) is 13.3 Å². The number of ether oxygens (including phenoxy) is 1. The summed E-state index contributed by atoms with van der Waals surface area (Å²) in [6.45, 7) is 2.57. The molecule has 0 spiro atoms. The van der Waals surface area contributed by atoms with Crippen LogP contribution in [0.2, 0.25) is 5.02 Å². The third kappa shape index (κ3) is 4.44. The van der Waals surface area contributed by atoms with Crippen LogP contribution in [0.4, 0.5) is 17.6 Å². The quantitative estimate of drug-likeness (QED) is 0.802. The minimum absolute atomic E-state index is 0.284. The lowest BCUT2D eigenvalue weighted by Gasteiger charge is -2.09. The lowest BCUT2D eigenvalue weighted by molar-refractivity contribution is 0.292. The normalized spacial score (nSPS) is 10.3. The van der Waals surface area contributed by atoms with E-state index in [1.807, 2.05) is 19.1 Å². The Bertz CT molecular complexity index is 626. The summed E-state index contributed by atoms with van der Waals surface area (Å²) in [6, 6.07) is 5.75. The maximum atomic E-state index is 5.97.